The van der Waals surface area contributed by atoms with Crippen LogP contribution in [0.15, 0.2) is 48.4 Å². The van der Waals surface area contributed by atoms with Gasteiger partial charge in [0.15, 0.2) is 5.06 Å². The molecule has 1 aliphatic rings. The molecule has 2 atom stereocenters. The van der Waals surface area contributed by atoms with Gasteiger partial charge < -0.3 is 15.4 Å². The fourth-order valence-electron chi connectivity index (χ4n) is 3.07. The molecule has 2 aromatic rings. The Kier molecular flexibility index (Phi) is 5.19. The van der Waals surface area contributed by atoms with Crippen molar-refractivity contribution in [2.24, 2.45) is 0 Å². The van der Waals surface area contributed by atoms with Crippen LogP contribution in [0.4, 0.5) is 0 Å². The van der Waals surface area contributed by atoms with E-state index >= 15 is 0 Å². The Morgan fingerprint density at radius 3 is 2.88 bits per heavy atom. The van der Waals surface area contributed by atoms with Crippen molar-refractivity contribution in [2.45, 2.75) is 25.4 Å². The molecule has 3 rings (SSSR count). The first kappa shape index (κ1) is 17.2. The van der Waals surface area contributed by atoms with Gasteiger partial charge in [-0.2, -0.15) is 0 Å². The van der Waals surface area contributed by atoms with Crippen molar-refractivity contribution in [2.75, 3.05) is 6.61 Å². The maximum Gasteiger partial charge on any atom is 0.256 e. The normalized spacial score (nSPS) is 18.3. The Bertz CT molecular complexity index is 799. The van der Waals surface area contributed by atoms with Gasteiger partial charge in [0.1, 0.15) is 0 Å². The average Bonchev–Trinajstić information content (AvgIpc) is 3.20. The molecule has 130 valence electrons. The molecular weight excluding hydrogens is 336 g/mol. The summed E-state index contributed by atoms with van der Waals surface area (Å²) in [5.74, 6) is -0.452. The topological polar surface area (TPSA) is 67.4 Å². The predicted molar refractivity (Wildman–Crippen MR) is 98.0 cm³/mol. The van der Waals surface area contributed by atoms with Crippen LogP contribution in [0.2, 0.25) is 0 Å². The summed E-state index contributed by atoms with van der Waals surface area (Å²) in [5.41, 5.74) is 2.67. The molecule has 1 aromatic carbocycles. The van der Waals surface area contributed by atoms with Crippen LogP contribution in [-0.4, -0.2) is 24.5 Å². The van der Waals surface area contributed by atoms with Crippen molar-refractivity contribution < 1.29 is 14.3 Å². The minimum absolute atomic E-state index is 0.194. The van der Waals surface area contributed by atoms with Crippen LogP contribution in [0.3, 0.4) is 0 Å². The molecule has 1 heterocycles. The third-order valence-corrected chi connectivity index (χ3v) is 5.01. The lowest BCUT2D eigenvalue weighted by atomic mass is 10.1. The maximum atomic E-state index is 12.7. The Hall–Kier alpha value is -2.60. The van der Waals surface area contributed by atoms with Crippen molar-refractivity contribution in [3.8, 4) is 5.06 Å². The summed E-state index contributed by atoms with van der Waals surface area (Å²) >= 11 is 1.40. The predicted octanol–water partition coefficient (Wildman–Crippen LogP) is 2.84. The Morgan fingerprint density at radius 2 is 2.12 bits per heavy atom. The van der Waals surface area contributed by atoms with Crippen LogP contribution in [0, 0.1) is 0 Å². The van der Waals surface area contributed by atoms with Gasteiger partial charge in [0, 0.05) is 0 Å². The lowest BCUT2D eigenvalue weighted by molar-refractivity contribution is -0.117. The highest BCUT2D eigenvalue weighted by molar-refractivity contribution is 7.12. The minimum atomic E-state index is -0.278. The summed E-state index contributed by atoms with van der Waals surface area (Å²) in [7, 11) is 0. The molecule has 25 heavy (non-hydrogen) atoms. The number of benzene rings is 1. The molecule has 0 saturated carbocycles. The zero-order valence-electron chi connectivity index (χ0n) is 14.0. The fraction of sp³-hybridized carbons (Fsp3) is 0.263. The fourth-order valence-corrected chi connectivity index (χ4v) is 3.87. The van der Waals surface area contributed by atoms with Crippen molar-refractivity contribution in [3.05, 3.63) is 65.1 Å². The first-order valence-corrected chi connectivity index (χ1v) is 9.04. The molecule has 0 radical (unpaired) electrons. The molecule has 0 aliphatic heterocycles. The van der Waals surface area contributed by atoms with Crippen LogP contribution < -0.4 is 15.4 Å². The molecule has 1 aliphatic carbocycles. The van der Waals surface area contributed by atoms with E-state index in [0.29, 0.717) is 23.7 Å². The van der Waals surface area contributed by atoms with E-state index in [1.54, 1.807) is 6.07 Å². The van der Waals surface area contributed by atoms with Crippen LogP contribution in [-0.2, 0) is 11.2 Å². The highest BCUT2D eigenvalue weighted by Gasteiger charge is 2.34. The highest BCUT2D eigenvalue weighted by atomic mass is 32.1. The Balaban J connectivity index is 1.80. The number of carbonyl (C=O) groups is 2. The van der Waals surface area contributed by atoms with Crippen molar-refractivity contribution in [3.63, 3.8) is 0 Å². The number of thiophene rings is 1. The van der Waals surface area contributed by atoms with Gasteiger partial charge in [-0.1, -0.05) is 30.8 Å². The third-order valence-electron chi connectivity index (χ3n) is 4.18. The number of carbonyl (C=O) groups excluding carboxylic acids is 2. The smallest absolute Gasteiger partial charge is 0.256 e. The van der Waals surface area contributed by atoms with E-state index in [0.717, 1.165) is 11.1 Å². The number of hydrogen-bond acceptors (Lipinski definition) is 4. The molecule has 0 unspecified atom stereocenters. The lowest BCUT2D eigenvalue weighted by Gasteiger charge is -2.22. The summed E-state index contributed by atoms with van der Waals surface area (Å²) in [5, 5.41) is 8.42. The standard InChI is InChI=1S/C19H20N2O3S/c1-3-16(22)21-17-13-8-6-5-7-12(13)11-15(17)20-18(23)14-9-10-25-19(14)24-4-2/h3,5-10,15,17H,1,4,11H2,2H3,(H,20,23)(H,21,22)/t15-,17-/m1/s1. The average molecular weight is 356 g/mol. The number of fused-ring (bicyclic) bond motifs is 1. The van der Waals surface area contributed by atoms with Gasteiger partial charge in [0.05, 0.1) is 24.3 Å². The molecule has 0 spiro atoms. The van der Waals surface area contributed by atoms with Crippen LogP contribution >= 0.6 is 11.3 Å². The molecule has 2 amide bonds. The largest absolute Gasteiger partial charge is 0.484 e. The minimum Gasteiger partial charge on any atom is -0.484 e. The monoisotopic (exact) mass is 356 g/mol. The number of hydrogen-bond donors (Lipinski definition) is 2. The first-order valence-electron chi connectivity index (χ1n) is 8.16. The van der Waals surface area contributed by atoms with E-state index in [1.807, 2.05) is 36.6 Å². The molecule has 0 fully saturated rings. The summed E-state index contributed by atoms with van der Waals surface area (Å²) in [6.07, 6.45) is 1.91. The van der Waals surface area contributed by atoms with E-state index in [9.17, 15) is 9.59 Å². The van der Waals surface area contributed by atoms with Gasteiger partial charge in [-0.15, -0.1) is 11.3 Å². The van der Waals surface area contributed by atoms with Gasteiger partial charge in [-0.25, -0.2) is 0 Å². The molecule has 0 bridgehead atoms. The van der Waals surface area contributed by atoms with Crippen LogP contribution in [0.25, 0.3) is 0 Å². The SMILES string of the molecule is C=CC(=O)N[C@@H]1c2ccccc2C[C@H]1NC(=O)c1ccsc1OCC. The van der Waals surface area contributed by atoms with Gasteiger partial charge in [-0.05, 0) is 42.0 Å². The molecular formula is C19H20N2O3S. The maximum absolute atomic E-state index is 12.7. The second-order valence-electron chi connectivity index (χ2n) is 5.73. The third kappa shape index (κ3) is 3.58. The quantitative estimate of drug-likeness (QED) is 0.782. The Labute approximate surface area is 150 Å². The zero-order chi connectivity index (χ0) is 17.8. The molecule has 0 saturated heterocycles. The van der Waals surface area contributed by atoms with E-state index in [4.69, 9.17) is 4.74 Å². The number of rotatable bonds is 6. The summed E-state index contributed by atoms with van der Waals surface area (Å²) in [6, 6.07) is 9.15. The number of ether oxygens (including phenoxy) is 1. The number of amides is 2. The van der Waals surface area contributed by atoms with E-state index in [1.165, 1.54) is 17.4 Å². The van der Waals surface area contributed by atoms with Crippen LogP contribution in [0.5, 0.6) is 5.06 Å². The van der Waals surface area contributed by atoms with Gasteiger partial charge in [-0.3, -0.25) is 9.59 Å². The number of nitrogens with one attached hydrogen (secondary N) is 2. The summed E-state index contributed by atoms with van der Waals surface area (Å²) in [6.45, 7) is 5.90. The van der Waals surface area contributed by atoms with Crippen molar-refractivity contribution >= 4 is 23.2 Å². The summed E-state index contributed by atoms with van der Waals surface area (Å²) in [4.78, 5) is 24.5. The van der Waals surface area contributed by atoms with E-state index in [-0.39, 0.29) is 23.9 Å². The zero-order valence-corrected chi connectivity index (χ0v) is 14.8. The van der Waals surface area contributed by atoms with E-state index < -0.39 is 0 Å². The van der Waals surface area contributed by atoms with Gasteiger partial charge in [0.2, 0.25) is 5.91 Å². The Morgan fingerprint density at radius 1 is 1.32 bits per heavy atom. The van der Waals surface area contributed by atoms with Crippen LogP contribution in [0.1, 0.15) is 34.5 Å². The highest BCUT2D eigenvalue weighted by Crippen LogP contribution is 2.32. The van der Waals surface area contributed by atoms with Crippen molar-refractivity contribution in [1.29, 1.82) is 0 Å². The second kappa shape index (κ2) is 7.53. The molecule has 5 nitrogen and oxygen atoms in total. The molecule has 2 N–H and O–H groups in total. The second-order valence-corrected chi connectivity index (χ2v) is 6.61. The lowest BCUT2D eigenvalue weighted by Crippen LogP contribution is -2.44. The summed E-state index contributed by atoms with van der Waals surface area (Å²) < 4.78 is 5.51. The van der Waals surface area contributed by atoms with Gasteiger partial charge in [0.25, 0.3) is 5.91 Å². The van der Waals surface area contributed by atoms with E-state index in [2.05, 4.69) is 17.2 Å². The molecule has 6 heteroatoms. The van der Waals surface area contributed by atoms with Crippen molar-refractivity contribution in [1.82, 2.24) is 10.6 Å². The van der Waals surface area contributed by atoms with Gasteiger partial charge >= 0.3 is 0 Å². The first-order chi connectivity index (χ1) is 12.1. The molecule has 1 aromatic heterocycles.